The van der Waals surface area contributed by atoms with Crippen LogP contribution in [0.5, 0.6) is 5.75 Å². The molecule has 9 heteroatoms. The Morgan fingerprint density at radius 1 is 1.07 bits per heavy atom. The van der Waals surface area contributed by atoms with Gasteiger partial charge < -0.3 is 20.5 Å². The van der Waals surface area contributed by atoms with Crippen molar-refractivity contribution in [3.63, 3.8) is 0 Å². The first-order valence-electron chi connectivity index (χ1n) is 9.00. The molecule has 0 aromatic heterocycles. The maximum atomic E-state index is 12.7. The first-order valence-corrected chi connectivity index (χ1v) is 9.00. The van der Waals surface area contributed by atoms with Gasteiger partial charge in [0.1, 0.15) is 18.5 Å². The summed E-state index contributed by atoms with van der Waals surface area (Å²) in [5.41, 5.74) is -0.0270. The summed E-state index contributed by atoms with van der Waals surface area (Å²) in [6.45, 7) is -0.791. The van der Waals surface area contributed by atoms with Gasteiger partial charge in [0.2, 0.25) is 11.8 Å². The van der Waals surface area contributed by atoms with Gasteiger partial charge in [-0.15, -0.1) is 0 Å². The van der Waals surface area contributed by atoms with Crippen molar-refractivity contribution in [3.8, 4) is 5.75 Å². The number of aliphatic hydroxyl groups is 1. The summed E-state index contributed by atoms with van der Waals surface area (Å²) in [4.78, 5) is 23.4. The number of aliphatic hydroxyl groups excluding tert-OH is 1. The van der Waals surface area contributed by atoms with E-state index in [9.17, 15) is 27.9 Å². The van der Waals surface area contributed by atoms with Crippen molar-refractivity contribution in [2.75, 3.05) is 19.7 Å². The number of ether oxygens (including phenoxy) is 1. The third kappa shape index (κ3) is 8.36. The first kappa shape index (κ1) is 23.0. The monoisotopic (exact) mass is 422 g/mol. The van der Waals surface area contributed by atoms with E-state index in [1.807, 2.05) is 30.3 Å². The molecule has 0 aliphatic rings. The van der Waals surface area contributed by atoms with Crippen LogP contribution in [-0.4, -0.2) is 42.7 Å². The molecule has 1 atom stereocenters. The average molecular weight is 422 g/mol. The zero-order valence-corrected chi connectivity index (χ0v) is 15.9. The van der Waals surface area contributed by atoms with E-state index >= 15 is 0 Å². The van der Waals surface area contributed by atoms with E-state index in [2.05, 4.69) is 10.6 Å². The van der Waals surface area contributed by atoms with Crippen molar-refractivity contribution in [1.82, 2.24) is 10.6 Å². The lowest BCUT2D eigenvalue weighted by molar-refractivity contribution is -0.137. The Morgan fingerprint density at radius 2 is 1.80 bits per heavy atom. The van der Waals surface area contributed by atoms with E-state index in [1.54, 1.807) is 6.08 Å². The topological polar surface area (TPSA) is 87.7 Å². The number of carbonyl (C=O) groups is 2. The second-order valence-corrected chi connectivity index (χ2v) is 6.26. The number of hydrogen-bond donors (Lipinski definition) is 3. The fourth-order valence-corrected chi connectivity index (χ4v) is 2.27. The van der Waals surface area contributed by atoms with Crippen molar-refractivity contribution < 1.29 is 32.6 Å². The molecule has 2 aromatic rings. The van der Waals surface area contributed by atoms with Crippen LogP contribution in [0.3, 0.4) is 0 Å². The SMILES string of the molecule is O=C(/C=C/c1ccccc1)NCC(=O)NCC(O)COc1cccc(C(F)(F)F)c1. The smallest absolute Gasteiger partial charge is 0.416 e. The third-order valence-electron chi connectivity index (χ3n) is 3.79. The minimum atomic E-state index is -4.49. The van der Waals surface area contributed by atoms with Crippen LogP contribution in [-0.2, 0) is 15.8 Å². The van der Waals surface area contributed by atoms with Crippen LogP contribution in [0, 0.1) is 0 Å². The van der Waals surface area contributed by atoms with Gasteiger partial charge in [-0.3, -0.25) is 9.59 Å². The Labute approximate surface area is 171 Å². The molecule has 6 nitrogen and oxygen atoms in total. The van der Waals surface area contributed by atoms with E-state index in [-0.39, 0.29) is 25.4 Å². The highest BCUT2D eigenvalue weighted by Gasteiger charge is 2.30. The van der Waals surface area contributed by atoms with E-state index in [0.717, 1.165) is 17.7 Å². The Kier molecular flexibility index (Phi) is 8.42. The first-order chi connectivity index (χ1) is 14.2. The average Bonchev–Trinajstić information content (AvgIpc) is 2.73. The van der Waals surface area contributed by atoms with Crippen molar-refractivity contribution >= 4 is 17.9 Å². The number of halogens is 3. The molecule has 0 saturated heterocycles. The predicted molar refractivity (Wildman–Crippen MR) is 104 cm³/mol. The Hall–Kier alpha value is -3.33. The lowest BCUT2D eigenvalue weighted by Crippen LogP contribution is -2.41. The highest BCUT2D eigenvalue weighted by atomic mass is 19.4. The summed E-state index contributed by atoms with van der Waals surface area (Å²) in [7, 11) is 0. The molecule has 160 valence electrons. The standard InChI is InChI=1S/C21H21F3N2O4/c22-21(23,24)16-7-4-8-18(11-16)30-14-17(27)12-25-20(29)13-26-19(28)10-9-15-5-2-1-3-6-15/h1-11,17,27H,12-14H2,(H,25,29)(H,26,28)/b10-9+. The summed E-state index contributed by atoms with van der Waals surface area (Å²) >= 11 is 0. The van der Waals surface area contributed by atoms with E-state index in [4.69, 9.17) is 4.74 Å². The number of nitrogens with one attached hydrogen (secondary N) is 2. The fourth-order valence-electron chi connectivity index (χ4n) is 2.27. The molecule has 2 rings (SSSR count). The quantitative estimate of drug-likeness (QED) is 0.542. The van der Waals surface area contributed by atoms with Gasteiger partial charge in [-0.25, -0.2) is 0 Å². The summed E-state index contributed by atoms with van der Waals surface area (Å²) in [6.07, 6.45) is -2.74. The van der Waals surface area contributed by atoms with E-state index in [1.165, 1.54) is 18.2 Å². The Morgan fingerprint density at radius 3 is 2.50 bits per heavy atom. The molecule has 0 aliphatic carbocycles. The van der Waals surface area contributed by atoms with Gasteiger partial charge in [-0.05, 0) is 29.8 Å². The highest BCUT2D eigenvalue weighted by Crippen LogP contribution is 2.31. The van der Waals surface area contributed by atoms with Gasteiger partial charge in [-0.2, -0.15) is 13.2 Å². The molecule has 1 unspecified atom stereocenters. The van der Waals surface area contributed by atoms with E-state index in [0.29, 0.717) is 0 Å². The van der Waals surface area contributed by atoms with Gasteiger partial charge in [0, 0.05) is 12.6 Å². The molecule has 0 spiro atoms. The zero-order valence-electron chi connectivity index (χ0n) is 15.9. The third-order valence-corrected chi connectivity index (χ3v) is 3.79. The molecule has 0 fully saturated rings. The largest absolute Gasteiger partial charge is 0.491 e. The highest BCUT2D eigenvalue weighted by molar-refractivity contribution is 5.94. The molecular weight excluding hydrogens is 401 g/mol. The van der Waals surface area contributed by atoms with E-state index < -0.39 is 29.7 Å². The molecule has 0 saturated carbocycles. The molecule has 0 radical (unpaired) electrons. The fraction of sp³-hybridized carbons (Fsp3) is 0.238. The van der Waals surface area contributed by atoms with Crippen molar-refractivity contribution in [3.05, 3.63) is 71.8 Å². The number of amides is 2. The number of alkyl halides is 3. The second kappa shape index (κ2) is 11.0. The molecule has 0 heterocycles. The summed E-state index contributed by atoms with van der Waals surface area (Å²) in [5.74, 6) is -1.04. The van der Waals surface area contributed by atoms with Crippen molar-refractivity contribution in [1.29, 1.82) is 0 Å². The van der Waals surface area contributed by atoms with Crippen LogP contribution < -0.4 is 15.4 Å². The molecule has 30 heavy (non-hydrogen) atoms. The zero-order chi connectivity index (χ0) is 22.0. The maximum absolute atomic E-state index is 12.7. The number of rotatable bonds is 9. The number of hydrogen-bond acceptors (Lipinski definition) is 4. The number of benzene rings is 2. The van der Waals surface area contributed by atoms with Crippen molar-refractivity contribution in [2.45, 2.75) is 12.3 Å². The minimum absolute atomic E-state index is 0.0485. The Balaban J connectivity index is 1.67. The van der Waals surface area contributed by atoms with Crippen LogP contribution in [0.4, 0.5) is 13.2 Å². The van der Waals surface area contributed by atoms with Crippen LogP contribution in [0.2, 0.25) is 0 Å². The lowest BCUT2D eigenvalue weighted by Gasteiger charge is -2.14. The predicted octanol–water partition coefficient (Wildman–Crippen LogP) is 2.39. The van der Waals surface area contributed by atoms with Crippen molar-refractivity contribution in [2.24, 2.45) is 0 Å². The molecule has 2 amide bonds. The lowest BCUT2D eigenvalue weighted by atomic mass is 10.2. The van der Waals surface area contributed by atoms with Gasteiger partial charge in [-0.1, -0.05) is 36.4 Å². The van der Waals surface area contributed by atoms with Crippen LogP contribution in [0.25, 0.3) is 6.08 Å². The van der Waals surface area contributed by atoms with Crippen LogP contribution >= 0.6 is 0 Å². The summed E-state index contributed by atoms with van der Waals surface area (Å²) < 4.78 is 43.1. The van der Waals surface area contributed by atoms with Gasteiger partial charge in [0.15, 0.2) is 0 Å². The molecular formula is C21H21F3N2O4. The molecule has 2 aromatic carbocycles. The number of carbonyl (C=O) groups excluding carboxylic acids is 2. The van der Waals surface area contributed by atoms with Crippen LogP contribution in [0.15, 0.2) is 60.7 Å². The van der Waals surface area contributed by atoms with Gasteiger partial charge in [0.05, 0.1) is 12.1 Å². The van der Waals surface area contributed by atoms with Gasteiger partial charge in [0.25, 0.3) is 0 Å². The molecule has 0 bridgehead atoms. The Bertz CT molecular complexity index is 870. The van der Waals surface area contributed by atoms with Crippen LogP contribution in [0.1, 0.15) is 11.1 Å². The summed E-state index contributed by atoms with van der Waals surface area (Å²) in [6, 6.07) is 13.4. The summed E-state index contributed by atoms with van der Waals surface area (Å²) in [5, 5.41) is 14.6. The molecule has 3 N–H and O–H groups in total. The maximum Gasteiger partial charge on any atom is 0.416 e. The minimum Gasteiger partial charge on any atom is -0.491 e. The van der Waals surface area contributed by atoms with Gasteiger partial charge >= 0.3 is 6.18 Å². The second-order valence-electron chi connectivity index (χ2n) is 6.26. The molecule has 0 aliphatic heterocycles. The normalized spacial score (nSPS) is 12.4.